The van der Waals surface area contributed by atoms with Gasteiger partial charge in [0.2, 0.25) is 5.79 Å². The third-order valence-electron chi connectivity index (χ3n) is 9.15. The van der Waals surface area contributed by atoms with E-state index in [1.54, 1.807) is 12.1 Å². The summed E-state index contributed by atoms with van der Waals surface area (Å²) in [6, 6.07) is 15.0. The van der Waals surface area contributed by atoms with Gasteiger partial charge in [-0.2, -0.15) is 0 Å². The molecule has 0 bridgehead atoms. The highest BCUT2D eigenvalue weighted by Crippen LogP contribution is 2.40. The van der Waals surface area contributed by atoms with E-state index in [4.69, 9.17) is 42.6 Å². The highest BCUT2D eigenvalue weighted by Gasteiger charge is 2.63. The van der Waals surface area contributed by atoms with Gasteiger partial charge in [0.15, 0.2) is 24.8 Å². The maximum atomic E-state index is 13.3. The Kier molecular flexibility index (Phi) is 14.5. The van der Waals surface area contributed by atoms with E-state index in [1.165, 1.54) is 48.5 Å². The molecule has 3 heterocycles. The molecule has 56 heavy (non-hydrogen) atoms. The van der Waals surface area contributed by atoms with Gasteiger partial charge in [0.1, 0.15) is 68.1 Å². The first-order valence-electron chi connectivity index (χ1n) is 17.4. The Hall–Kier alpha value is -4.16. The molecule has 20 nitrogen and oxygen atoms in total. The summed E-state index contributed by atoms with van der Waals surface area (Å²) in [7, 11) is 0. The van der Waals surface area contributed by atoms with E-state index < -0.39 is 136 Å². The lowest BCUT2D eigenvalue weighted by Gasteiger charge is -2.48. The van der Waals surface area contributed by atoms with E-state index in [0.29, 0.717) is 0 Å². The van der Waals surface area contributed by atoms with Crippen molar-refractivity contribution in [3.05, 3.63) is 71.8 Å². The standard InChI is InChI=1S/C36H44O20/c1-17(39)48-15-23-29(52-32(46)19-9-5-3-6-10-19)28(45)30(53-34-27(44)26(43)24(41)21(13-37)50-34)35(51-23)56-36(16-49-18(2)40)31(25(42)22(14-38)55-36)54-33(47)20-11-7-4-8-12-20/h3-12,21-31,34-35,37-38,41-45H,13-16H2,1-2H3/t21-,22-,23-,24+,25-,26+,27-,28+,29+,30-,31+,34+,35-,36+/m1/s1. The fourth-order valence-corrected chi connectivity index (χ4v) is 6.27. The molecular formula is C36H44O20. The van der Waals surface area contributed by atoms with Crippen molar-refractivity contribution in [3.63, 3.8) is 0 Å². The van der Waals surface area contributed by atoms with Gasteiger partial charge >= 0.3 is 23.9 Å². The minimum atomic E-state index is -2.59. The number of carbonyl (C=O) groups is 4. The summed E-state index contributed by atoms with van der Waals surface area (Å²) in [4.78, 5) is 50.7. The number of carbonyl (C=O) groups excluding carboxylic acids is 4. The van der Waals surface area contributed by atoms with Crippen molar-refractivity contribution in [1.82, 2.24) is 0 Å². The maximum absolute atomic E-state index is 13.3. The van der Waals surface area contributed by atoms with Gasteiger partial charge in [0.05, 0.1) is 24.3 Å². The molecule has 0 spiro atoms. The van der Waals surface area contributed by atoms with Crippen LogP contribution in [0.25, 0.3) is 0 Å². The molecule has 0 unspecified atom stereocenters. The lowest BCUT2D eigenvalue weighted by atomic mass is 9.96. The van der Waals surface area contributed by atoms with Crippen LogP contribution in [0.15, 0.2) is 60.7 Å². The van der Waals surface area contributed by atoms with Crippen LogP contribution in [0, 0.1) is 0 Å². The van der Waals surface area contributed by atoms with Crippen LogP contribution >= 0.6 is 0 Å². The number of esters is 4. The first-order valence-corrected chi connectivity index (χ1v) is 17.4. The van der Waals surface area contributed by atoms with E-state index in [9.17, 15) is 54.9 Å². The molecule has 20 heteroatoms. The Morgan fingerprint density at radius 1 is 0.625 bits per heavy atom. The molecule has 2 aromatic rings. The molecule has 3 fully saturated rings. The number of aliphatic hydroxyl groups is 7. The lowest BCUT2D eigenvalue weighted by molar-refractivity contribution is -0.407. The van der Waals surface area contributed by atoms with Crippen LogP contribution in [0.2, 0.25) is 0 Å². The zero-order chi connectivity index (χ0) is 40.7. The largest absolute Gasteiger partial charge is 0.463 e. The second-order valence-electron chi connectivity index (χ2n) is 13.1. The molecule has 0 aromatic heterocycles. The molecule has 14 atom stereocenters. The molecular weight excluding hydrogens is 752 g/mol. The summed E-state index contributed by atoms with van der Waals surface area (Å²) in [6.45, 7) is -1.35. The van der Waals surface area contributed by atoms with Crippen LogP contribution < -0.4 is 0 Å². The number of ether oxygens (including phenoxy) is 9. The second-order valence-corrected chi connectivity index (χ2v) is 13.1. The van der Waals surface area contributed by atoms with Crippen molar-refractivity contribution in [2.24, 2.45) is 0 Å². The zero-order valence-corrected chi connectivity index (χ0v) is 30.0. The Balaban J connectivity index is 1.57. The van der Waals surface area contributed by atoms with E-state index in [2.05, 4.69) is 0 Å². The lowest BCUT2D eigenvalue weighted by Crippen LogP contribution is -2.67. The molecule has 0 radical (unpaired) electrons. The molecule has 0 amide bonds. The van der Waals surface area contributed by atoms with Gasteiger partial charge in [-0.3, -0.25) is 9.59 Å². The van der Waals surface area contributed by atoms with E-state index in [-0.39, 0.29) is 11.1 Å². The van der Waals surface area contributed by atoms with Crippen molar-refractivity contribution in [2.75, 3.05) is 26.4 Å². The summed E-state index contributed by atoms with van der Waals surface area (Å²) in [5.41, 5.74) is 0.0359. The van der Waals surface area contributed by atoms with Crippen molar-refractivity contribution in [2.45, 2.75) is 99.4 Å². The molecule has 3 saturated heterocycles. The highest BCUT2D eigenvalue weighted by molar-refractivity contribution is 5.90. The molecule has 7 N–H and O–H groups in total. The summed E-state index contributed by atoms with van der Waals surface area (Å²) < 4.78 is 51.3. The van der Waals surface area contributed by atoms with Crippen LogP contribution in [0.5, 0.6) is 0 Å². The van der Waals surface area contributed by atoms with Gasteiger partial charge in [0, 0.05) is 13.8 Å². The first-order chi connectivity index (χ1) is 26.7. The van der Waals surface area contributed by atoms with Crippen molar-refractivity contribution < 1.29 is 97.6 Å². The minimum absolute atomic E-state index is 0.00576. The first kappa shape index (κ1) is 43.0. The summed E-state index contributed by atoms with van der Waals surface area (Å²) in [5.74, 6) is -6.33. The van der Waals surface area contributed by atoms with Crippen LogP contribution in [0.1, 0.15) is 34.6 Å². The third kappa shape index (κ3) is 9.68. The monoisotopic (exact) mass is 796 g/mol. The Labute approximate surface area is 318 Å². The number of aliphatic hydroxyl groups excluding tert-OH is 7. The van der Waals surface area contributed by atoms with Gasteiger partial charge in [-0.25, -0.2) is 9.59 Å². The molecule has 5 rings (SSSR count). The van der Waals surface area contributed by atoms with Crippen molar-refractivity contribution in [3.8, 4) is 0 Å². The summed E-state index contributed by atoms with van der Waals surface area (Å²) >= 11 is 0. The predicted octanol–water partition coefficient (Wildman–Crippen LogP) is -2.70. The quantitative estimate of drug-likeness (QED) is 0.0756. The Morgan fingerprint density at radius 3 is 1.73 bits per heavy atom. The summed E-state index contributed by atoms with van der Waals surface area (Å²) in [6.07, 6.45) is -24.3. The van der Waals surface area contributed by atoms with Crippen LogP contribution in [-0.2, 0) is 52.2 Å². The molecule has 0 saturated carbocycles. The SMILES string of the molecule is CC(=O)OC[C@H]1O[C@H](O[C@]2(COC(C)=O)O[C@H](CO)[C@@H](O)[C@@H]2OC(=O)c2ccccc2)[C@H](O[C@@H]2O[C@H](CO)[C@H](O)[C@H](O)[C@H]2O)[C@@H](O)[C@H]1OC(=O)c1ccccc1. The number of rotatable bonds is 14. The van der Waals surface area contributed by atoms with Gasteiger partial charge in [-0.15, -0.1) is 0 Å². The van der Waals surface area contributed by atoms with E-state index in [1.807, 2.05) is 0 Å². The average Bonchev–Trinajstić information content (AvgIpc) is 3.45. The fraction of sp³-hybridized carbons (Fsp3) is 0.556. The number of hydrogen-bond donors (Lipinski definition) is 7. The predicted molar refractivity (Wildman–Crippen MR) is 180 cm³/mol. The smallest absolute Gasteiger partial charge is 0.338 e. The Bertz CT molecular complexity index is 1630. The van der Waals surface area contributed by atoms with Gasteiger partial charge in [-0.1, -0.05) is 36.4 Å². The van der Waals surface area contributed by atoms with Gasteiger partial charge in [-0.05, 0) is 24.3 Å². The molecule has 2 aromatic carbocycles. The number of benzene rings is 2. The van der Waals surface area contributed by atoms with Crippen LogP contribution in [0.4, 0.5) is 0 Å². The molecule has 3 aliphatic heterocycles. The van der Waals surface area contributed by atoms with Gasteiger partial charge in [0.25, 0.3) is 0 Å². The normalized spacial score (nSPS) is 35.6. The Morgan fingerprint density at radius 2 is 1.18 bits per heavy atom. The topological polar surface area (TPSA) is 293 Å². The van der Waals surface area contributed by atoms with E-state index >= 15 is 0 Å². The third-order valence-corrected chi connectivity index (χ3v) is 9.15. The van der Waals surface area contributed by atoms with Crippen LogP contribution in [0.3, 0.4) is 0 Å². The van der Waals surface area contributed by atoms with Gasteiger partial charge < -0.3 is 78.4 Å². The van der Waals surface area contributed by atoms with E-state index in [0.717, 1.165) is 13.8 Å². The molecule has 308 valence electrons. The van der Waals surface area contributed by atoms with Crippen molar-refractivity contribution in [1.29, 1.82) is 0 Å². The van der Waals surface area contributed by atoms with Crippen molar-refractivity contribution >= 4 is 23.9 Å². The number of hydrogen-bond acceptors (Lipinski definition) is 20. The minimum Gasteiger partial charge on any atom is -0.463 e. The molecule has 0 aliphatic carbocycles. The fourth-order valence-electron chi connectivity index (χ4n) is 6.27. The maximum Gasteiger partial charge on any atom is 0.338 e. The second kappa shape index (κ2) is 18.9. The zero-order valence-electron chi connectivity index (χ0n) is 30.0. The van der Waals surface area contributed by atoms with Crippen LogP contribution in [-0.4, -0.2) is 172 Å². The average molecular weight is 797 g/mol. The summed E-state index contributed by atoms with van der Waals surface area (Å²) in [5, 5.41) is 74.9. The molecule has 3 aliphatic rings. The highest BCUT2D eigenvalue weighted by atomic mass is 16.8.